The number of rotatable bonds is 6. The van der Waals surface area contributed by atoms with Crippen molar-refractivity contribution in [3.05, 3.63) is 17.0 Å². The van der Waals surface area contributed by atoms with Gasteiger partial charge in [0, 0.05) is 38.9 Å². The fraction of sp³-hybridized carbons (Fsp3) is 0.733. The number of H-pyrrole nitrogens is 1. The summed E-state index contributed by atoms with van der Waals surface area (Å²) in [4.78, 5) is 13.9. The molecule has 1 amide bonds. The molecule has 0 radical (unpaired) electrons. The van der Waals surface area contributed by atoms with Crippen LogP contribution >= 0.6 is 0 Å². The van der Waals surface area contributed by atoms with Gasteiger partial charge in [-0.25, -0.2) is 0 Å². The van der Waals surface area contributed by atoms with Crippen LogP contribution in [-0.4, -0.2) is 47.8 Å². The van der Waals surface area contributed by atoms with Gasteiger partial charge in [-0.05, 0) is 44.6 Å². The van der Waals surface area contributed by atoms with Crippen LogP contribution in [-0.2, 0) is 16.0 Å². The molecule has 1 aliphatic rings. The highest BCUT2D eigenvalue weighted by Gasteiger charge is 2.21. The molecule has 1 aromatic heterocycles. The molecule has 0 saturated carbocycles. The van der Waals surface area contributed by atoms with Gasteiger partial charge in [-0.2, -0.15) is 5.10 Å². The highest BCUT2D eigenvalue weighted by molar-refractivity contribution is 5.76. The molecule has 112 valence electrons. The van der Waals surface area contributed by atoms with E-state index in [1.165, 1.54) is 5.56 Å². The predicted molar refractivity (Wildman–Crippen MR) is 77.6 cm³/mol. The minimum Gasteiger partial charge on any atom is -0.381 e. The molecule has 2 rings (SSSR count). The zero-order chi connectivity index (χ0) is 14.5. The maximum Gasteiger partial charge on any atom is 0.222 e. The molecule has 2 heterocycles. The van der Waals surface area contributed by atoms with E-state index in [1.54, 1.807) is 0 Å². The number of aromatic nitrogens is 2. The molecule has 1 N–H and O–H groups in total. The molecule has 0 spiro atoms. The molecule has 5 heteroatoms. The van der Waals surface area contributed by atoms with Crippen molar-refractivity contribution in [1.29, 1.82) is 0 Å². The third-order valence-electron chi connectivity index (χ3n) is 4.11. The van der Waals surface area contributed by atoms with E-state index in [-0.39, 0.29) is 5.91 Å². The second kappa shape index (κ2) is 6.88. The van der Waals surface area contributed by atoms with E-state index in [4.69, 9.17) is 4.74 Å². The number of carbonyl (C=O) groups excluding carboxylic acids is 1. The van der Waals surface area contributed by atoms with Crippen LogP contribution in [0.2, 0.25) is 0 Å². The van der Waals surface area contributed by atoms with Crippen LogP contribution in [0.25, 0.3) is 0 Å². The van der Waals surface area contributed by atoms with Crippen molar-refractivity contribution in [3.8, 4) is 0 Å². The summed E-state index contributed by atoms with van der Waals surface area (Å²) in [7, 11) is 1.90. The van der Waals surface area contributed by atoms with Crippen molar-refractivity contribution in [2.45, 2.75) is 39.5 Å². The van der Waals surface area contributed by atoms with Gasteiger partial charge in [-0.3, -0.25) is 9.89 Å². The van der Waals surface area contributed by atoms with Crippen molar-refractivity contribution in [2.75, 3.05) is 26.8 Å². The van der Waals surface area contributed by atoms with Gasteiger partial charge in [0.2, 0.25) is 5.91 Å². The summed E-state index contributed by atoms with van der Waals surface area (Å²) < 4.78 is 5.31. The van der Waals surface area contributed by atoms with E-state index in [0.29, 0.717) is 12.3 Å². The number of aryl methyl sites for hydroxylation is 2. The second-order valence-electron chi connectivity index (χ2n) is 5.77. The van der Waals surface area contributed by atoms with Gasteiger partial charge in [0.1, 0.15) is 0 Å². The Morgan fingerprint density at radius 2 is 2.30 bits per heavy atom. The van der Waals surface area contributed by atoms with Gasteiger partial charge in [0.05, 0.1) is 5.69 Å². The van der Waals surface area contributed by atoms with E-state index in [0.717, 1.165) is 50.4 Å². The minimum absolute atomic E-state index is 0.237. The maximum absolute atomic E-state index is 12.1. The topological polar surface area (TPSA) is 58.2 Å². The number of hydrogen-bond donors (Lipinski definition) is 1. The molecule has 0 aliphatic carbocycles. The summed E-state index contributed by atoms with van der Waals surface area (Å²) in [5.74, 6) is 0.657. The second-order valence-corrected chi connectivity index (χ2v) is 5.77. The first-order valence-corrected chi connectivity index (χ1v) is 7.40. The minimum atomic E-state index is 0.237. The highest BCUT2D eigenvalue weighted by atomic mass is 16.5. The summed E-state index contributed by atoms with van der Waals surface area (Å²) in [5, 5.41) is 7.20. The van der Waals surface area contributed by atoms with Crippen LogP contribution in [0.1, 0.15) is 36.2 Å². The Balaban J connectivity index is 1.71. The summed E-state index contributed by atoms with van der Waals surface area (Å²) in [5.41, 5.74) is 3.49. The lowest BCUT2D eigenvalue weighted by Crippen LogP contribution is -2.29. The largest absolute Gasteiger partial charge is 0.381 e. The van der Waals surface area contributed by atoms with Crippen molar-refractivity contribution in [2.24, 2.45) is 5.92 Å². The molecule has 0 aromatic carbocycles. The van der Waals surface area contributed by atoms with E-state index in [2.05, 4.69) is 10.2 Å². The predicted octanol–water partition coefficient (Wildman–Crippen LogP) is 1.84. The molecule has 5 nitrogen and oxygen atoms in total. The third kappa shape index (κ3) is 3.82. The Hall–Kier alpha value is -1.36. The maximum atomic E-state index is 12.1. The Morgan fingerprint density at radius 3 is 2.90 bits per heavy atom. The van der Waals surface area contributed by atoms with Gasteiger partial charge < -0.3 is 9.64 Å². The fourth-order valence-electron chi connectivity index (χ4n) is 2.71. The number of nitrogens with one attached hydrogen (secondary N) is 1. The Labute approximate surface area is 120 Å². The van der Waals surface area contributed by atoms with E-state index in [9.17, 15) is 4.79 Å². The van der Waals surface area contributed by atoms with Crippen LogP contribution in [0, 0.1) is 19.8 Å². The first-order valence-electron chi connectivity index (χ1n) is 7.40. The molecule has 1 fully saturated rings. The van der Waals surface area contributed by atoms with E-state index < -0.39 is 0 Å². The molecule has 1 saturated heterocycles. The van der Waals surface area contributed by atoms with Crippen LogP contribution < -0.4 is 0 Å². The van der Waals surface area contributed by atoms with Crippen molar-refractivity contribution >= 4 is 5.91 Å². The monoisotopic (exact) mass is 279 g/mol. The number of amides is 1. The van der Waals surface area contributed by atoms with Gasteiger partial charge >= 0.3 is 0 Å². The summed E-state index contributed by atoms with van der Waals surface area (Å²) in [6.07, 6.45) is 3.59. The standard InChI is InChI=1S/C15H25N3O2/c1-11-14(12(2)17-16-11)5-4-7-18(3)15(19)9-13-6-8-20-10-13/h13H,4-10H2,1-3H3,(H,16,17)/t13-/m1/s1. The van der Waals surface area contributed by atoms with Crippen molar-refractivity contribution < 1.29 is 9.53 Å². The molecular formula is C15H25N3O2. The smallest absolute Gasteiger partial charge is 0.222 e. The number of ether oxygens (including phenoxy) is 1. The average Bonchev–Trinajstić information content (AvgIpc) is 3.02. The Kier molecular flexibility index (Phi) is 5.17. The van der Waals surface area contributed by atoms with E-state index >= 15 is 0 Å². The summed E-state index contributed by atoms with van der Waals surface area (Å²) in [6, 6.07) is 0. The van der Waals surface area contributed by atoms with Crippen molar-refractivity contribution in [1.82, 2.24) is 15.1 Å². The van der Waals surface area contributed by atoms with Crippen LogP contribution in [0.3, 0.4) is 0 Å². The Bertz CT molecular complexity index is 430. The van der Waals surface area contributed by atoms with Gasteiger partial charge in [0.25, 0.3) is 0 Å². The van der Waals surface area contributed by atoms with Crippen molar-refractivity contribution in [3.63, 3.8) is 0 Å². The molecule has 0 unspecified atom stereocenters. The van der Waals surface area contributed by atoms with E-state index in [1.807, 2.05) is 25.8 Å². The lowest BCUT2D eigenvalue weighted by molar-refractivity contribution is -0.130. The lowest BCUT2D eigenvalue weighted by Gasteiger charge is -2.18. The SMILES string of the molecule is Cc1n[nH]c(C)c1CCCN(C)C(=O)C[C@H]1CCOC1. The number of nitrogens with zero attached hydrogens (tertiary/aromatic N) is 2. The number of carbonyl (C=O) groups is 1. The lowest BCUT2D eigenvalue weighted by atomic mass is 10.0. The first-order chi connectivity index (χ1) is 9.58. The molecule has 1 atom stereocenters. The molecular weight excluding hydrogens is 254 g/mol. The van der Waals surface area contributed by atoms with Gasteiger partial charge in [0.15, 0.2) is 0 Å². The third-order valence-corrected chi connectivity index (χ3v) is 4.11. The molecule has 1 aromatic rings. The van der Waals surface area contributed by atoms with Crippen LogP contribution in [0.5, 0.6) is 0 Å². The quantitative estimate of drug-likeness (QED) is 0.864. The molecule has 0 bridgehead atoms. The van der Waals surface area contributed by atoms with Gasteiger partial charge in [-0.15, -0.1) is 0 Å². The first kappa shape index (κ1) is 15.0. The molecule has 1 aliphatic heterocycles. The Morgan fingerprint density at radius 1 is 1.50 bits per heavy atom. The normalized spacial score (nSPS) is 18.4. The fourth-order valence-corrected chi connectivity index (χ4v) is 2.71. The highest BCUT2D eigenvalue weighted by Crippen LogP contribution is 2.17. The number of hydrogen-bond acceptors (Lipinski definition) is 3. The van der Waals surface area contributed by atoms with Gasteiger partial charge in [-0.1, -0.05) is 0 Å². The number of aromatic amines is 1. The zero-order valence-corrected chi connectivity index (χ0v) is 12.7. The average molecular weight is 279 g/mol. The zero-order valence-electron chi connectivity index (χ0n) is 12.7. The summed E-state index contributed by atoms with van der Waals surface area (Å²) in [6.45, 7) is 6.42. The van der Waals surface area contributed by atoms with Crippen LogP contribution in [0.4, 0.5) is 0 Å². The molecule has 20 heavy (non-hydrogen) atoms. The summed E-state index contributed by atoms with van der Waals surface area (Å²) >= 11 is 0. The van der Waals surface area contributed by atoms with Crippen LogP contribution in [0.15, 0.2) is 0 Å².